The summed E-state index contributed by atoms with van der Waals surface area (Å²) in [6, 6.07) is 5.94. The van der Waals surface area contributed by atoms with Crippen molar-refractivity contribution < 1.29 is 14.3 Å². The van der Waals surface area contributed by atoms with Crippen molar-refractivity contribution in [3.05, 3.63) is 47.4 Å². The molecule has 1 aliphatic rings. The van der Waals surface area contributed by atoms with E-state index in [0.29, 0.717) is 18.9 Å². The number of urea groups is 1. The van der Waals surface area contributed by atoms with Gasteiger partial charge in [0, 0.05) is 12.1 Å². The minimum Gasteiger partial charge on any atom is -0.394 e. The number of rotatable bonds is 4. The molecule has 3 rings (SSSR count). The van der Waals surface area contributed by atoms with E-state index in [1.165, 1.54) is 12.1 Å². The van der Waals surface area contributed by atoms with Crippen molar-refractivity contribution in [1.29, 1.82) is 0 Å². The van der Waals surface area contributed by atoms with Gasteiger partial charge in [0.15, 0.2) is 0 Å². The molecule has 0 saturated carbocycles. The van der Waals surface area contributed by atoms with Gasteiger partial charge in [-0.3, -0.25) is 5.32 Å². The van der Waals surface area contributed by atoms with Crippen LogP contribution in [-0.2, 0) is 6.54 Å². The normalized spacial score (nSPS) is 17.6. The Bertz CT molecular complexity index is 746. The van der Waals surface area contributed by atoms with Crippen molar-refractivity contribution in [2.45, 2.75) is 38.8 Å². The first-order valence-electron chi connectivity index (χ1n) is 8.54. The van der Waals surface area contributed by atoms with Crippen LogP contribution >= 0.6 is 0 Å². The van der Waals surface area contributed by atoms with Crippen LogP contribution in [0.25, 0.3) is 0 Å². The van der Waals surface area contributed by atoms with Crippen LogP contribution < -0.4 is 5.32 Å². The molecule has 1 aliphatic heterocycles. The fourth-order valence-electron chi connectivity index (χ4n) is 3.20. The Morgan fingerprint density at radius 3 is 3.04 bits per heavy atom. The van der Waals surface area contributed by atoms with Crippen LogP contribution in [0.3, 0.4) is 0 Å². The molecule has 0 aliphatic carbocycles. The quantitative estimate of drug-likeness (QED) is 0.894. The average Bonchev–Trinajstić information content (AvgIpc) is 2.95. The van der Waals surface area contributed by atoms with Crippen LogP contribution in [-0.4, -0.2) is 45.0 Å². The Kier molecular flexibility index (Phi) is 5.33. The number of carbonyl (C=O) groups is 1. The van der Waals surface area contributed by atoms with Crippen LogP contribution in [0.5, 0.6) is 0 Å². The van der Waals surface area contributed by atoms with Gasteiger partial charge in [0.05, 0.1) is 25.4 Å². The standard InChI is InChI=1S/C18H23FN4O2/c1-13-10-20-23(11-14-5-4-6-15(19)9-14)17(13)21-18(25)22-8-3-2-7-16(22)12-24/h4-6,9-10,16,24H,2-3,7-8,11-12H2,1H3,(H,21,25). The second-order valence-electron chi connectivity index (χ2n) is 6.42. The van der Waals surface area contributed by atoms with Gasteiger partial charge in [0.25, 0.3) is 0 Å². The molecule has 2 N–H and O–H groups in total. The molecular formula is C18H23FN4O2. The summed E-state index contributed by atoms with van der Waals surface area (Å²) >= 11 is 0. The summed E-state index contributed by atoms with van der Waals surface area (Å²) < 4.78 is 15.0. The minimum atomic E-state index is -0.300. The summed E-state index contributed by atoms with van der Waals surface area (Å²) in [5.74, 6) is 0.294. The molecule has 1 aromatic carbocycles. The van der Waals surface area contributed by atoms with E-state index in [4.69, 9.17) is 0 Å². The van der Waals surface area contributed by atoms with E-state index in [1.807, 2.05) is 13.0 Å². The zero-order chi connectivity index (χ0) is 17.8. The van der Waals surface area contributed by atoms with Gasteiger partial charge in [-0.25, -0.2) is 13.9 Å². The third-order valence-electron chi connectivity index (χ3n) is 4.57. The summed E-state index contributed by atoms with van der Waals surface area (Å²) in [6.45, 7) is 2.83. The topological polar surface area (TPSA) is 70.4 Å². The molecule has 2 aromatic rings. The molecule has 1 unspecified atom stereocenters. The van der Waals surface area contributed by atoms with E-state index in [9.17, 15) is 14.3 Å². The van der Waals surface area contributed by atoms with Crippen molar-refractivity contribution in [2.24, 2.45) is 0 Å². The van der Waals surface area contributed by atoms with Gasteiger partial charge in [0.2, 0.25) is 0 Å². The minimum absolute atomic E-state index is 0.0328. The molecule has 25 heavy (non-hydrogen) atoms. The first-order valence-corrected chi connectivity index (χ1v) is 8.54. The van der Waals surface area contributed by atoms with Gasteiger partial charge >= 0.3 is 6.03 Å². The van der Waals surface area contributed by atoms with Crippen LogP contribution in [0.4, 0.5) is 15.0 Å². The van der Waals surface area contributed by atoms with Crippen LogP contribution in [0.1, 0.15) is 30.4 Å². The number of aromatic nitrogens is 2. The molecule has 134 valence electrons. The van der Waals surface area contributed by atoms with E-state index in [-0.39, 0.29) is 24.5 Å². The number of hydrogen-bond acceptors (Lipinski definition) is 3. The molecular weight excluding hydrogens is 323 g/mol. The fraction of sp³-hybridized carbons (Fsp3) is 0.444. The SMILES string of the molecule is Cc1cnn(Cc2cccc(F)c2)c1NC(=O)N1CCCCC1CO. The smallest absolute Gasteiger partial charge is 0.323 e. The van der Waals surface area contributed by atoms with Gasteiger partial charge in [-0.1, -0.05) is 12.1 Å². The summed E-state index contributed by atoms with van der Waals surface area (Å²) in [5, 5.41) is 16.7. The Hall–Kier alpha value is -2.41. The first kappa shape index (κ1) is 17.4. The number of nitrogens with zero attached hydrogens (tertiary/aromatic N) is 3. The summed E-state index contributed by atoms with van der Waals surface area (Å²) in [6.07, 6.45) is 4.44. The monoisotopic (exact) mass is 346 g/mol. The number of piperidine rings is 1. The number of anilines is 1. The lowest BCUT2D eigenvalue weighted by molar-refractivity contribution is 0.115. The van der Waals surface area contributed by atoms with Crippen molar-refractivity contribution in [3.63, 3.8) is 0 Å². The first-order chi connectivity index (χ1) is 12.1. The number of nitrogens with one attached hydrogen (secondary N) is 1. The molecule has 2 heterocycles. The third kappa shape index (κ3) is 3.99. The second-order valence-corrected chi connectivity index (χ2v) is 6.42. The number of likely N-dealkylation sites (tertiary alicyclic amines) is 1. The molecule has 1 aromatic heterocycles. The molecule has 2 amide bonds. The summed E-state index contributed by atoms with van der Waals surface area (Å²) in [4.78, 5) is 14.3. The maximum atomic E-state index is 13.4. The molecule has 0 radical (unpaired) electrons. The number of benzene rings is 1. The Balaban J connectivity index is 1.76. The van der Waals surface area contributed by atoms with Gasteiger partial charge in [0.1, 0.15) is 11.6 Å². The molecule has 1 atom stereocenters. The van der Waals surface area contributed by atoms with Crippen molar-refractivity contribution >= 4 is 11.8 Å². The van der Waals surface area contributed by atoms with E-state index in [0.717, 1.165) is 30.4 Å². The maximum absolute atomic E-state index is 13.4. The lowest BCUT2D eigenvalue weighted by Gasteiger charge is -2.34. The number of aryl methyl sites for hydroxylation is 1. The predicted molar refractivity (Wildman–Crippen MR) is 92.9 cm³/mol. The number of amides is 2. The largest absolute Gasteiger partial charge is 0.394 e. The highest BCUT2D eigenvalue weighted by molar-refractivity contribution is 5.89. The average molecular weight is 346 g/mol. The highest BCUT2D eigenvalue weighted by Gasteiger charge is 2.27. The van der Waals surface area contributed by atoms with Crippen LogP contribution in [0.15, 0.2) is 30.5 Å². The van der Waals surface area contributed by atoms with Gasteiger partial charge in [-0.2, -0.15) is 5.10 Å². The molecule has 6 nitrogen and oxygen atoms in total. The number of aliphatic hydroxyl groups is 1. The molecule has 1 saturated heterocycles. The summed E-state index contributed by atoms with van der Waals surface area (Å²) in [7, 11) is 0. The number of hydrogen-bond donors (Lipinski definition) is 2. The van der Waals surface area contributed by atoms with Crippen LogP contribution in [0.2, 0.25) is 0 Å². The number of aliphatic hydroxyl groups excluding tert-OH is 1. The van der Waals surface area contributed by atoms with E-state index in [1.54, 1.807) is 21.8 Å². The van der Waals surface area contributed by atoms with E-state index >= 15 is 0 Å². The Morgan fingerprint density at radius 1 is 1.44 bits per heavy atom. The molecule has 1 fully saturated rings. The Labute approximate surface area is 146 Å². The fourth-order valence-corrected chi connectivity index (χ4v) is 3.20. The van der Waals surface area contributed by atoms with Gasteiger partial charge in [-0.15, -0.1) is 0 Å². The second kappa shape index (κ2) is 7.65. The lowest BCUT2D eigenvalue weighted by atomic mass is 10.0. The van der Waals surface area contributed by atoms with Crippen molar-refractivity contribution in [1.82, 2.24) is 14.7 Å². The van der Waals surface area contributed by atoms with E-state index < -0.39 is 0 Å². The third-order valence-corrected chi connectivity index (χ3v) is 4.57. The van der Waals surface area contributed by atoms with Crippen molar-refractivity contribution in [3.8, 4) is 0 Å². The summed E-state index contributed by atoms with van der Waals surface area (Å²) in [5.41, 5.74) is 1.60. The molecule has 7 heteroatoms. The predicted octanol–water partition coefficient (Wildman–Crippen LogP) is 2.76. The van der Waals surface area contributed by atoms with E-state index in [2.05, 4.69) is 10.4 Å². The highest BCUT2D eigenvalue weighted by Crippen LogP contribution is 2.21. The number of carbonyl (C=O) groups excluding carboxylic acids is 1. The van der Waals surface area contributed by atoms with Gasteiger partial charge < -0.3 is 10.0 Å². The zero-order valence-electron chi connectivity index (χ0n) is 14.3. The maximum Gasteiger partial charge on any atom is 0.323 e. The van der Waals surface area contributed by atoms with Gasteiger partial charge in [-0.05, 0) is 43.9 Å². The van der Waals surface area contributed by atoms with Crippen molar-refractivity contribution in [2.75, 3.05) is 18.5 Å². The number of halogens is 1. The Morgan fingerprint density at radius 2 is 2.28 bits per heavy atom. The van der Waals surface area contributed by atoms with Crippen LogP contribution in [0, 0.1) is 12.7 Å². The highest BCUT2D eigenvalue weighted by atomic mass is 19.1. The molecule has 0 spiro atoms. The lowest BCUT2D eigenvalue weighted by Crippen LogP contribution is -2.47. The molecule has 0 bridgehead atoms. The zero-order valence-corrected chi connectivity index (χ0v) is 14.3.